The molecule has 0 spiro atoms. The van der Waals surface area contributed by atoms with E-state index in [4.69, 9.17) is 9.47 Å². The molecule has 190 valence electrons. The van der Waals surface area contributed by atoms with Crippen LogP contribution in [0.15, 0.2) is 42.5 Å². The Hall–Kier alpha value is -3.13. The van der Waals surface area contributed by atoms with E-state index < -0.39 is 30.1 Å². The lowest BCUT2D eigenvalue weighted by atomic mass is 9.72. The van der Waals surface area contributed by atoms with Crippen LogP contribution < -0.4 is 9.47 Å². The summed E-state index contributed by atoms with van der Waals surface area (Å²) >= 11 is 0. The average molecular weight is 487 g/mol. The van der Waals surface area contributed by atoms with Crippen molar-refractivity contribution in [2.45, 2.75) is 66.3 Å². The minimum atomic E-state index is -0.862. The number of β-lactam (4-membered cyclic amide) rings is 1. The van der Waals surface area contributed by atoms with Crippen LogP contribution in [-0.4, -0.2) is 46.2 Å². The highest BCUT2D eigenvalue weighted by Crippen LogP contribution is 2.46. The molecule has 7 nitrogen and oxygen atoms in total. The van der Waals surface area contributed by atoms with Crippen LogP contribution in [0.2, 0.25) is 0 Å². The van der Waals surface area contributed by atoms with E-state index in [2.05, 4.69) is 0 Å². The summed E-state index contributed by atoms with van der Waals surface area (Å²) in [6, 6.07) is 11.3. The molecule has 1 atom stereocenters. The molecule has 1 heterocycles. The molecule has 1 N–H and O–H groups in total. The Labute approximate surface area is 206 Å². The number of carbonyl (C=O) groups excluding carboxylic acids is 2. The van der Waals surface area contributed by atoms with Crippen LogP contribution in [0.5, 0.6) is 11.5 Å². The topological polar surface area (TPSA) is 79.3 Å². The summed E-state index contributed by atoms with van der Waals surface area (Å²) in [5.41, 5.74) is 0.204. The molecule has 3 rings (SSSR count). The lowest BCUT2D eigenvalue weighted by Gasteiger charge is -2.54. The number of nitrogens with zero attached hydrogens (tertiary/aromatic N) is 2. The lowest BCUT2D eigenvalue weighted by molar-refractivity contribution is -0.192. The van der Waals surface area contributed by atoms with Crippen molar-refractivity contribution in [3.05, 3.63) is 59.4 Å². The summed E-state index contributed by atoms with van der Waals surface area (Å²) < 4.78 is 25.8. The van der Waals surface area contributed by atoms with E-state index >= 15 is 0 Å². The maximum Gasteiger partial charge on any atom is 0.330 e. The maximum absolute atomic E-state index is 14.3. The fraction of sp³-hybridized carbons (Fsp3) is 0.481. The van der Waals surface area contributed by atoms with E-state index in [0.717, 1.165) is 22.6 Å². The number of urea groups is 1. The number of carbonyl (C=O) groups is 2. The van der Waals surface area contributed by atoms with Gasteiger partial charge in [0.25, 0.3) is 0 Å². The number of ether oxygens (including phenoxy) is 2. The van der Waals surface area contributed by atoms with Crippen molar-refractivity contribution >= 4 is 11.9 Å². The summed E-state index contributed by atoms with van der Waals surface area (Å²) in [5, 5.41) is 9.24. The molecule has 3 amide bonds. The van der Waals surface area contributed by atoms with E-state index in [1.165, 1.54) is 12.1 Å². The average Bonchev–Trinajstić information content (AvgIpc) is 2.86. The molecular formula is C27H35FN2O5. The van der Waals surface area contributed by atoms with Crippen LogP contribution in [-0.2, 0) is 17.9 Å². The fourth-order valence-corrected chi connectivity index (χ4v) is 4.49. The Kier molecular flexibility index (Phi) is 8.72. The van der Waals surface area contributed by atoms with Gasteiger partial charge in [-0.1, -0.05) is 39.0 Å². The van der Waals surface area contributed by atoms with Crippen molar-refractivity contribution < 1.29 is 28.6 Å². The highest BCUT2D eigenvalue weighted by Gasteiger charge is 2.63. The highest BCUT2D eigenvalue weighted by atomic mass is 19.1. The fourth-order valence-electron chi connectivity index (χ4n) is 4.49. The number of amides is 3. The van der Waals surface area contributed by atoms with Gasteiger partial charge in [0, 0.05) is 24.7 Å². The van der Waals surface area contributed by atoms with Gasteiger partial charge in [-0.2, -0.15) is 0 Å². The van der Waals surface area contributed by atoms with Crippen molar-refractivity contribution in [1.29, 1.82) is 0 Å². The van der Waals surface area contributed by atoms with Gasteiger partial charge in [-0.3, -0.25) is 4.79 Å². The van der Waals surface area contributed by atoms with Crippen LogP contribution in [0.3, 0.4) is 0 Å². The monoisotopic (exact) mass is 486 g/mol. The maximum atomic E-state index is 14.3. The van der Waals surface area contributed by atoms with Crippen LogP contribution in [0, 0.1) is 11.2 Å². The second-order valence-corrected chi connectivity index (χ2v) is 8.70. The number of aliphatic hydroxyl groups is 1. The van der Waals surface area contributed by atoms with Crippen LogP contribution in [0.4, 0.5) is 9.18 Å². The second-order valence-electron chi connectivity index (χ2n) is 8.70. The van der Waals surface area contributed by atoms with Gasteiger partial charge < -0.3 is 19.5 Å². The quantitative estimate of drug-likeness (QED) is 0.447. The molecule has 0 bridgehead atoms. The van der Waals surface area contributed by atoms with Crippen molar-refractivity contribution in [1.82, 2.24) is 9.80 Å². The Morgan fingerprint density at radius 1 is 1.09 bits per heavy atom. The number of likely N-dealkylation sites (tertiary alicyclic amines) is 1. The Morgan fingerprint density at radius 2 is 1.74 bits per heavy atom. The Balaban J connectivity index is 1.85. The van der Waals surface area contributed by atoms with Crippen LogP contribution in [0.25, 0.3) is 0 Å². The largest absolute Gasteiger partial charge is 0.494 e. The van der Waals surface area contributed by atoms with Gasteiger partial charge in [-0.15, -0.1) is 0 Å². The van der Waals surface area contributed by atoms with E-state index in [9.17, 15) is 19.1 Å². The molecule has 1 fully saturated rings. The summed E-state index contributed by atoms with van der Waals surface area (Å²) in [6.45, 7) is 8.61. The number of halogens is 1. The molecule has 1 unspecified atom stereocenters. The van der Waals surface area contributed by atoms with E-state index in [1.54, 1.807) is 11.0 Å². The van der Waals surface area contributed by atoms with Gasteiger partial charge in [-0.25, -0.2) is 14.1 Å². The second kappa shape index (κ2) is 11.5. The molecular weight excluding hydrogens is 451 g/mol. The number of imide groups is 1. The van der Waals surface area contributed by atoms with Gasteiger partial charge >= 0.3 is 6.03 Å². The minimum absolute atomic E-state index is 0.150. The molecule has 0 aliphatic carbocycles. The standard InChI is InChI=1S/C27H35FN2O5/c1-5-15-29(17-19-9-12-21(13-10-19)34-8-4)26(33)30-24(32)27(6-2,7-3)25(30)35-22-14-11-20(18-31)23(28)16-22/h9-14,16,25,31H,5-8,15,17-18H2,1-4H3. The molecule has 0 aromatic heterocycles. The highest BCUT2D eigenvalue weighted by molar-refractivity contribution is 6.03. The number of hydrogen-bond acceptors (Lipinski definition) is 5. The number of benzene rings is 2. The number of rotatable bonds is 11. The molecule has 8 heteroatoms. The number of aliphatic hydroxyl groups excluding tert-OH is 1. The third-order valence-electron chi connectivity index (χ3n) is 6.63. The first-order chi connectivity index (χ1) is 16.8. The molecule has 1 saturated heterocycles. The third-order valence-corrected chi connectivity index (χ3v) is 6.63. The molecule has 0 radical (unpaired) electrons. The Morgan fingerprint density at radius 3 is 2.29 bits per heavy atom. The zero-order valence-electron chi connectivity index (χ0n) is 20.9. The van der Waals surface area contributed by atoms with Gasteiger partial charge in [0.05, 0.1) is 13.2 Å². The van der Waals surface area contributed by atoms with E-state index in [-0.39, 0.29) is 17.2 Å². The van der Waals surface area contributed by atoms with Crippen LogP contribution in [0.1, 0.15) is 58.1 Å². The Bertz CT molecular complexity index is 1020. The van der Waals surface area contributed by atoms with Crippen molar-refractivity contribution in [2.75, 3.05) is 13.2 Å². The molecule has 2 aromatic carbocycles. The third kappa shape index (κ3) is 5.27. The number of hydrogen-bond donors (Lipinski definition) is 1. The molecule has 0 saturated carbocycles. The lowest BCUT2D eigenvalue weighted by Crippen LogP contribution is -2.73. The zero-order chi connectivity index (χ0) is 25.6. The van der Waals surface area contributed by atoms with Gasteiger partial charge in [0.2, 0.25) is 5.91 Å². The van der Waals surface area contributed by atoms with Crippen molar-refractivity contribution in [2.24, 2.45) is 5.41 Å². The summed E-state index contributed by atoms with van der Waals surface area (Å²) in [5.74, 6) is 0.0777. The van der Waals surface area contributed by atoms with Gasteiger partial charge in [-0.05, 0) is 49.9 Å². The van der Waals surface area contributed by atoms with Crippen molar-refractivity contribution in [3.63, 3.8) is 0 Å². The predicted molar refractivity (Wildman–Crippen MR) is 130 cm³/mol. The van der Waals surface area contributed by atoms with Gasteiger partial charge in [0.1, 0.15) is 22.7 Å². The SMILES string of the molecule is CCCN(Cc1ccc(OCC)cc1)C(=O)N1C(=O)C(CC)(CC)C1Oc1ccc(CO)c(F)c1. The first kappa shape index (κ1) is 26.5. The molecule has 1 aliphatic heterocycles. The first-order valence-corrected chi connectivity index (χ1v) is 12.2. The minimum Gasteiger partial charge on any atom is -0.494 e. The first-order valence-electron chi connectivity index (χ1n) is 12.2. The molecule has 35 heavy (non-hydrogen) atoms. The van der Waals surface area contributed by atoms with Gasteiger partial charge in [0.15, 0.2) is 6.23 Å². The van der Waals surface area contributed by atoms with E-state index in [0.29, 0.717) is 32.5 Å². The normalized spacial score (nSPS) is 16.6. The zero-order valence-corrected chi connectivity index (χ0v) is 20.9. The van der Waals surface area contributed by atoms with E-state index in [1.807, 2.05) is 52.0 Å². The molecule has 1 aliphatic rings. The summed E-state index contributed by atoms with van der Waals surface area (Å²) in [6.07, 6.45) is 0.842. The smallest absolute Gasteiger partial charge is 0.330 e. The van der Waals surface area contributed by atoms with Crippen LogP contribution >= 0.6 is 0 Å². The summed E-state index contributed by atoms with van der Waals surface area (Å²) in [7, 11) is 0. The predicted octanol–water partition coefficient (Wildman–Crippen LogP) is 5.10. The molecule has 2 aromatic rings. The van der Waals surface area contributed by atoms with Crippen molar-refractivity contribution in [3.8, 4) is 11.5 Å². The summed E-state index contributed by atoms with van der Waals surface area (Å²) in [4.78, 5) is 29.7.